The van der Waals surface area contributed by atoms with Crippen molar-refractivity contribution in [3.63, 3.8) is 0 Å². The van der Waals surface area contributed by atoms with Crippen molar-refractivity contribution in [2.75, 3.05) is 5.73 Å². The van der Waals surface area contributed by atoms with Crippen LogP contribution < -0.4 is 5.73 Å². The van der Waals surface area contributed by atoms with E-state index in [0.29, 0.717) is 5.82 Å². The van der Waals surface area contributed by atoms with Gasteiger partial charge in [0.25, 0.3) is 0 Å². The number of hydrogen-bond acceptors (Lipinski definition) is 4. The molecule has 2 heterocycles. The lowest BCUT2D eigenvalue weighted by Gasteiger charge is -1.97. The van der Waals surface area contributed by atoms with Crippen LogP contribution in [0.25, 0.3) is 5.69 Å². The molecule has 0 aromatic carbocycles. The van der Waals surface area contributed by atoms with Gasteiger partial charge in [-0.25, -0.2) is 15.0 Å². The fraction of sp³-hybridized carbons (Fsp3) is 0. The zero-order valence-electron chi connectivity index (χ0n) is 6.25. The molecule has 0 amide bonds. The van der Waals surface area contributed by atoms with Crippen molar-refractivity contribution in [3.8, 4) is 5.69 Å². The lowest BCUT2D eigenvalue weighted by Crippen LogP contribution is -1.91. The highest BCUT2D eigenvalue weighted by Crippen LogP contribution is 2.05. The molecule has 0 aliphatic heterocycles. The molecule has 2 rings (SSSR count). The SMILES string of the molecule is Nc1cn(-c2cncnc2)cn1. The second-order valence-electron chi connectivity index (χ2n) is 2.30. The molecule has 0 unspecified atom stereocenters. The highest BCUT2D eigenvalue weighted by atomic mass is 15.1. The first-order valence-corrected chi connectivity index (χ1v) is 3.41. The van der Waals surface area contributed by atoms with E-state index in [1.165, 1.54) is 6.33 Å². The molecule has 2 aromatic heterocycles. The third-order valence-corrected chi connectivity index (χ3v) is 1.45. The number of rotatable bonds is 1. The fourth-order valence-corrected chi connectivity index (χ4v) is 0.904. The van der Waals surface area contributed by atoms with Gasteiger partial charge in [-0.15, -0.1) is 0 Å². The summed E-state index contributed by atoms with van der Waals surface area (Å²) in [4.78, 5) is 11.6. The zero-order valence-corrected chi connectivity index (χ0v) is 6.25. The molecular formula is C7H7N5. The number of nitrogens with two attached hydrogens (primary N) is 1. The van der Waals surface area contributed by atoms with Crippen molar-refractivity contribution < 1.29 is 0 Å². The highest BCUT2D eigenvalue weighted by molar-refractivity contribution is 5.31. The summed E-state index contributed by atoms with van der Waals surface area (Å²) in [7, 11) is 0. The Morgan fingerprint density at radius 3 is 2.58 bits per heavy atom. The number of hydrogen-bond donors (Lipinski definition) is 1. The Hall–Kier alpha value is -1.91. The van der Waals surface area contributed by atoms with Gasteiger partial charge in [0.15, 0.2) is 0 Å². The monoisotopic (exact) mass is 161 g/mol. The van der Waals surface area contributed by atoms with Gasteiger partial charge in [0.1, 0.15) is 18.5 Å². The molecule has 0 radical (unpaired) electrons. The van der Waals surface area contributed by atoms with E-state index in [4.69, 9.17) is 5.73 Å². The largest absolute Gasteiger partial charge is 0.382 e. The van der Waals surface area contributed by atoms with Gasteiger partial charge in [-0.2, -0.15) is 0 Å². The predicted octanol–water partition coefficient (Wildman–Crippen LogP) is 0.244. The van der Waals surface area contributed by atoms with E-state index in [9.17, 15) is 0 Å². The first kappa shape index (κ1) is 6.78. The average molecular weight is 161 g/mol. The smallest absolute Gasteiger partial charge is 0.141 e. The van der Waals surface area contributed by atoms with Gasteiger partial charge in [0.2, 0.25) is 0 Å². The Balaban J connectivity index is 2.45. The van der Waals surface area contributed by atoms with Crippen molar-refractivity contribution in [3.05, 3.63) is 31.2 Å². The molecule has 5 nitrogen and oxygen atoms in total. The molecular weight excluding hydrogens is 154 g/mol. The number of anilines is 1. The lowest BCUT2D eigenvalue weighted by molar-refractivity contribution is 1.01. The summed E-state index contributed by atoms with van der Waals surface area (Å²) < 4.78 is 1.76. The summed E-state index contributed by atoms with van der Waals surface area (Å²) >= 11 is 0. The van der Waals surface area contributed by atoms with Gasteiger partial charge in [-0.1, -0.05) is 0 Å². The normalized spacial score (nSPS) is 10.0. The van der Waals surface area contributed by atoms with Crippen LogP contribution in [0.2, 0.25) is 0 Å². The highest BCUT2D eigenvalue weighted by Gasteiger charge is 1.96. The van der Waals surface area contributed by atoms with Gasteiger partial charge >= 0.3 is 0 Å². The third kappa shape index (κ3) is 1.12. The van der Waals surface area contributed by atoms with Crippen LogP contribution in [0.15, 0.2) is 31.2 Å². The van der Waals surface area contributed by atoms with Crippen molar-refractivity contribution >= 4 is 5.82 Å². The predicted molar refractivity (Wildman–Crippen MR) is 43.6 cm³/mol. The van der Waals surface area contributed by atoms with E-state index in [0.717, 1.165) is 5.69 Å². The number of aromatic nitrogens is 4. The maximum absolute atomic E-state index is 5.44. The van der Waals surface area contributed by atoms with Crippen molar-refractivity contribution in [1.29, 1.82) is 0 Å². The topological polar surface area (TPSA) is 69.6 Å². The van der Waals surface area contributed by atoms with E-state index in [2.05, 4.69) is 15.0 Å². The Kier molecular flexibility index (Phi) is 1.48. The van der Waals surface area contributed by atoms with Crippen LogP contribution in [0.1, 0.15) is 0 Å². The minimum atomic E-state index is 0.485. The van der Waals surface area contributed by atoms with E-state index >= 15 is 0 Å². The maximum atomic E-state index is 5.44. The quantitative estimate of drug-likeness (QED) is 0.650. The lowest BCUT2D eigenvalue weighted by atomic mass is 10.5. The summed E-state index contributed by atoms with van der Waals surface area (Å²) in [6.45, 7) is 0. The summed E-state index contributed by atoms with van der Waals surface area (Å²) in [5.41, 5.74) is 6.29. The molecule has 0 saturated heterocycles. The minimum Gasteiger partial charge on any atom is -0.382 e. The molecule has 0 aliphatic carbocycles. The molecule has 0 aliphatic rings. The molecule has 0 bridgehead atoms. The second-order valence-corrected chi connectivity index (χ2v) is 2.30. The second kappa shape index (κ2) is 2.61. The van der Waals surface area contributed by atoms with Crippen LogP contribution in [0, 0.1) is 0 Å². The molecule has 5 heteroatoms. The standard InChI is InChI=1S/C7H7N5/c8-7-3-12(5-11-7)6-1-9-4-10-2-6/h1-5H,8H2. The van der Waals surface area contributed by atoms with Gasteiger partial charge in [0, 0.05) is 0 Å². The Morgan fingerprint density at radius 2 is 2.00 bits per heavy atom. The van der Waals surface area contributed by atoms with Gasteiger partial charge < -0.3 is 10.3 Å². The summed E-state index contributed by atoms with van der Waals surface area (Å²) in [5.74, 6) is 0.485. The number of imidazole rings is 1. The molecule has 12 heavy (non-hydrogen) atoms. The molecule has 2 N–H and O–H groups in total. The third-order valence-electron chi connectivity index (χ3n) is 1.45. The number of nitrogens with zero attached hydrogens (tertiary/aromatic N) is 4. The summed E-state index contributed by atoms with van der Waals surface area (Å²) in [6.07, 6.45) is 8.18. The van der Waals surface area contributed by atoms with Crippen LogP contribution >= 0.6 is 0 Å². The van der Waals surface area contributed by atoms with Crippen molar-refractivity contribution in [2.45, 2.75) is 0 Å². The minimum absolute atomic E-state index is 0.485. The summed E-state index contributed by atoms with van der Waals surface area (Å²) in [5, 5.41) is 0. The summed E-state index contributed by atoms with van der Waals surface area (Å²) in [6, 6.07) is 0. The first-order valence-electron chi connectivity index (χ1n) is 3.41. The van der Waals surface area contributed by atoms with Gasteiger partial charge in [-0.05, 0) is 0 Å². The van der Waals surface area contributed by atoms with Gasteiger partial charge in [0.05, 0.1) is 24.3 Å². The molecule has 0 spiro atoms. The van der Waals surface area contributed by atoms with E-state index in [1.807, 2.05) is 0 Å². The molecule has 0 atom stereocenters. The molecule has 0 fully saturated rings. The van der Waals surface area contributed by atoms with E-state index < -0.39 is 0 Å². The Bertz CT molecular complexity index is 366. The van der Waals surface area contributed by atoms with E-state index in [1.54, 1.807) is 29.5 Å². The number of nitrogen functional groups attached to an aromatic ring is 1. The maximum Gasteiger partial charge on any atom is 0.141 e. The van der Waals surface area contributed by atoms with Crippen LogP contribution in [0.4, 0.5) is 5.82 Å². The zero-order chi connectivity index (χ0) is 8.39. The molecule has 2 aromatic rings. The van der Waals surface area contributed by atoms with Crippen molar-refractivity contribution in [1.82, 2.24) is 19.5 Å². The van der Waals surface area contributed by atoms with Gasteiger partial charge in [-0.3, -0.25) is 0 Å². The van der Waals surface area contributed by atoms with Crippen LogP contribution in [0.3, 0.4) is 0 Å². The molecule has 60 valence electrons. The van der Waals surface area contributed by atoms with Crippen LogP contribution in [-0.2, 0) is 0 Å². The van der Waals surface area contributed by atoms with Crippen molar-refractivity contribution in [2.24, 2.45) is 0 Å². The first-order chi connectivity index (χ1) is 5.86. The Labute approximate surface area is 68.9 Å². The molecule has 0 saturated carbocycles. The Morgan fingerprint density at radius 1 is 1.25 bits per heavy atom. The van der Waals surface area contributed by atoms with Crippen LogP contribution in [0.5, 0.6) is 0 Å². The van der Waals surface area contributed by atoms with E-state index in [-0.39, 0.29) is 0 Å². The van der Waals surface area contributed by atoms with Crippen LogP contribution in [-0.4, -0.2) is 19.5 Å². The fourth-order valence-electron chi connectivity index (χ4n) is 0.904. The average Bonchev–Trinajstić information content (AvgIpc) is 2.54.